The molecule has 1 nitrogen and oxygen atoms in total. The number of allylic oxidation sites excluding steroid dienone is 1. The van der Waals surface area contributed by atoms with Gasteiger partial charge in [-0.1, -0.05) is 13.0 Å². The molecule has 0 amide bonds. The first-order chi connectivity index (χ1) is 8.08. The van der Waals surface area contributed by atoms with Gasteiger partial charge in [0, 0.05) is 23.6 Å². The Hall–Kier alpha value is -1.50. The third-order valence-electron chi connectivity index (χ3n) is 4.08. The van der Waals surface area contributed by atoms with Gasteiger partial charge in [0.05, 0.1) is 0 Å². The Balaban J connectivity index is 2.39. The zero-order valence-electron chi connectivity index (χ0n) is 11.0. The van der Waals surface area contributed by atoms with Crippen LogP contribution in [0.3, 0.4) is 0 Å². The molecule has 0 spiro atoms. The van der Waals surface area contributed by atoms with E-state index < -0.39 is 0 Å². The molecule has 1 aromatic heterocycles. The van der Waals surface area contributed by atoms with E-state index in [1.165, 1.54) is 39.7 Å². The van der Waals surface area contributed by atoms with E-state index in [4.69, 9.17) is 0 Å². The fourth-order valence-corrected chi connectivity index (χ4v) is 2.86. The molecule has 1 aliphatic carbocycles. The molecule has 88 valence electrons. The molecule has 0 fully saturated rings. The lowest BCUT2D eigenvalue weighted by atomic mass is 9.92. The summed E-state index contributed by atoms with van der Waals surface area (Å²) in [5.41, 5.74) is 7.07. The highest BCUT2D eigenvalue weighted by Gasteiger charge is 2.18. The largest absolute Gasteiger partial charge is 0.344 e. The number of benzene rings is 1. The summed E-state index contributed by atoms with van der Waals surface area (Å²) in [6.45, 7) is 6.69. The molecular formula is C16H19N. The summed E-state index contributed by atoms with van der Waals surface area (Å²) in [7, 11) is 2.18. The quantitative estimate of drug-likeness (QED) is 0.638. The molecule has 1 unspecified atom stereocenters. The minimum Gasteiger partial charge on any atom is -0.344 e. The summed E-state index contributed by atoms with van der Waals surface area (Å²) in [5, 5.41) is 1.45. The number of nitrogens with zero attached hydrogens (tertiary/aromatic N) is 1. The maximum absolute atomic E-state index is 2.36. The highest BCUT2D eigenvalue weighted by atomic mass is 14.9. The Labute approximate surface area is 103 Å². The molecule has 0 aliphatic heterocycles. The molecule has 17 heavy (non-hydrogen) atoms. The normalized spacial score (nSPS) is 18.7. The first-order valence-corrected chi connectivity index (χ1v) is 6.34. The van der Waals surface area contributed by atoms with Gasteiger partial charge in [-0.15, -0.1) is 0 Å². The van der Waals surface area contributed by atoms with Crippen molar-refractivity contribution in [3.63, 3.8) is 0 Å². The summed E-state index contributed by atoms with van der Waals surface area (Å²) in [6, 6.07) is 4.68. The van der Waals surface area contributed by atoms with Crippen molar-refractivity contribution in [2.24, 2.45) is 13.0 Å². The van der Waals surface area contributed by atoms with Gasteiger partial charge in [0.1, 0.15) is 0 Å². The Bertz CT molecular complexity index is 629. The topological polar surface area (TPSA) is 4.93 Å². The van der Waals surface area contributed by atoms with Crippen LogP contribution in [0.1, 0.15) is 29.3 Å². The predicted molar refractivity (Wildman–Crippen MR) is 74.3 cm³/mol. The third-order valence-corrected chi connectivity index (χ3v) is 4.08. The van der Waals surface area contributed by atoms with Crippen LogP contribution in [0, 0.1) is 19.8 Å². The molecule has 0 N–H and O–H groups in total. The van der Waals surface area contributed by atoms with Gasteiger partial charge in [-0.2, -0.15) is 0 Å². The zero-order chi connectivity index (χ0) is 12.2. The molecule has 0 radical (unpaired) electrons. The summed E-state index contributed by atoms with van der Waals surface area (Å²) < 4.78 is 2.33. The molecule has 1 aromatic carbocycles. The fourth-order valence-electron chi connectivity index (χ4n) is 2.86. The lowest BCUT2D eigenvalue weighted by Gasteiger charge is -2.13. The number of rotatable bonds is 0. The third kappa shape index (κ3) is 1.45. The predicted octanol–water partition coefficient (Wildman–Crippen LogP) is 4.00. The van der Waals surface area contributed by atoms with Crippen molar-refractivity contribution in [3.8, 4) is 0 Å². The standard InChI is InChI=1S/C16H19N/c1-10-5-6-15-13(7-10)14-8-11(2)12(3)9-16(14)17(15)4/h5-6,8-10H,7H2,1-4H3. The van der Waals surface area contributed by atoms with Crippen molar-refractivity contribution in [1.82, 2.24) is 4.57 Å². The van der Waals surface area contributed by atoms with E-state index in [-0.39, 0.29) is 0 Å². The van der Waals surface area contributed by atoms with Gasteiger partial charge in [-0.25, -0.2) is 0 Å². The summed E-state index contributed by atoms with van der Waals surface area (Å²) in [5.74, 6) is 0.662. The van der Waals surface area contributed by atoms with Crippen LogP contribution in [0.5, 0.6) is 0 Å². The summed E-state index contributed by atoms with van der Waals surface area (Å²) in [6.07, 6.45) is 5.78. The highest BCUT2D eigenvalue weighted by Crippen LogP contribution is 2.33. The van der Waals surface area contributed by atoms with E-state index in [9.17, 15) is 0 Å². The number of hydrogen-bond donors (Lipinski definition) is 0. The molecule has 3 rings (SSSR count). The smallest absolute Gasteiger partial charge is 0.0488 e. The highest BCUT2D eigenvalue weighted by molar-refractivity contribution is 5.90. The monoisotopic (exact) mass is 225 g/mol. The number of fused-ring (bicyclic) bond motifs is 3. The van der Waals surface area contributed by atoms with Crippen LogP contribution in [0.25, 0.3) is 17.0 Å². The zero-order valence-corrected chi connectivity index (χ0v) is 11.0. The van der Waals surface area contributed by atoms with Gasteiger partial charge < -0.3 is 4.57 Å². The maximum Gasteiger partial charge on any atom is 0.0488 e. The summed E-state index contributed by atoms with van der Waals surface area (Å²) in [4.78, 5) is 0. The average Bonchev–Trinajstić information content (AvgIpc) is 2.54. The molecule has 0 saturated carbocycles. The van der Waals surface area contributed by atoms with E-state index in [1.54, 1.807) is 0 Å². The van der Waals surface area contributed by atoms with Crippen molar-refractivity contribution in [2.75, 3.05) is 0 Å². The van der Waals surface area contributed by atoms with Crippen LogP contribution >= 0.6 is 0 Å². The first kappa shape index (κ1) is 10.6. The fraction of sp³-hybridized carbons (Fsp3) is 0.375. The van der Waals surface area contributed by atoms with Gasteiger partial charge in [0.25, 0.3) is 0 Å². The second kappa shape index (κ2) is 3.49. The van der Waals surface area contributed by atoms with Crippen LogP contribution in [0.15, 0.2) is 18.2 Å². The van der Waals surface area contributed by atoms with Crippen LogP contribution in [0.2, 0.25) is 0 Å². The lowest BCUT2D eigenvalue weighted by molar-refractivity contribution is 0.714. The van der Waals surface area contributed by atoms with E-state index in [0.717, 1.165) is 0 Å². The van der Waals surface area contributed by atoms with Crippen molar-refractivity contribution in [3.05, 3.63) is 40.6 Å². The summed E-state index contributed by atoms with van der Waals surface area (Å²) >= 11 is 0. The van der Waals surface area contributed by atoms with Gasteiger partial charge in [-0.3, -0.25) is 0 Å². The van der Waals surface area contributed by atoms with Crippen LogP contribution in [-0.2, 0) is 13.5 Å². The van der Waals surface area contributed by atoms with Crippen molar-refractivity contribution >= 4 is 17.0 Å². The van der Waals surface area contributed by atoms with Crippen molar-refractivity contribution in [1.29, 1.82) is 0 Å². The molecule has 1 atom stereocenters. The molecule has 2 aromatic rings. The molecule has 0 saturated heterocycles. The molecule has 1 heterocycles. The lowest BCUT2D eigenvalue weighted by Crippen LogP contribution is -2.03. The maximum atomic E-state index is 2.36. The van der Waals surface area contributed by atoms with E-state index >= 15 is 0 Å². The minimum atomic E-state index is 0.662. The Kier molecular flexibility index (Phi) is 2.19. The van der Waals surface area contributed by atoms with Crippen LogP contribution < -0.4 is 0 Å². The van der Waals surface area contributed by atoms with Crippen molar-refractivity contribution in [2.45, 2.75) is 27.2 Å². The molecule has 1 aliphatic rings. The van der Waals surface area contributed by atoms with Crippen molar-refractivity contribution < 1.29 is 0 Å². The van der Waals surface area contributed by atoms with Crippen LogP contribution in [-0.4, -0.2) is 4.57 Å². The Morgan fingerprint density at radius 1 is 1.18 bits per heavy atom. The molecule has 1 heteroatoms. The first-order valence-electron chi connectivity index (χ1n) is 6.34. The van der Waals surface area contributed by atoms with E-state index in [1.807, 2.05) is 0 Å². The second-order valence-electron chi connectivity index (χ2n) is 5.42. The molecular weight excluding hydrogens is 206 g/mol. The SMILES string of the molecule is Cc1cc2c3c(n(C)c2cc1C)C=CC(C)C3. The number of aryl methyl sites for hydroxylation is 3. The van der Waals surface area contributed by atoms with Gasteiger partial charge in [0.2, 0.25) is 0 Å². The van der Waals surface area contributed by atoms with Gasteiger partial charge in [-0.05, 0) is 61.1 Å². The molecule has 0 bridgehead atoms. The Morgan fingerprint density at radius 2 is 1.88 bits per heavy atom. The van der Waals surface area contributed by atoms with Gasteiger partial charge in [0.15, 0.2) is 0 Å². The van der Waals surface area contributed by atoms with Gasteiger partial charge >= 0.3 is 0 Å². The number of hydrogen-bond acceptors (Lipinski definition) is 0. The Morgan fingerprint density at radius 3 is 2.65 bits per heavy atom. The van der Waals surface area contributed by atoms with E-state index in [2.05, 4.69) is 56.7 Å². The number of aromatic nitrogens is 1. The van der Waals surface area contributed by atoms with E-state index in [0.29, 0.717) is 5.92 Å². The minimum absolute atomic E-state index is 0.662. The average molecular weight is 225 g/mol. The second-order valence-corrected chi connectivity index (χ2v) is 5.42. The van der Waals surface area contributed by atoms with Crippen LogP contribution in [0.4, 0.5) is 0 Å².